The smallest absolute Gasteiger partial charge is 0.303 e. The molecule has 1 aromatic rings. The molecular weight excluding hydrogens is 234 g/mol. The Morgan fingerprint density at radius 3 is 2.44 bits per heavy atom. The summed E-state index contributed by atoms with van der Waals surface area (Å²) in [7, 11) is 0. The molecule has 0 saturated heterocycles. The summed E-state index contributed by atoms with van der Waals surface area (Å²) in [5, 5.41) is 8.59. The van der Waals surface area contributed by atoms with Gasteiger partial charge in [-0.05, 0) is 32.9 Å². The van der Waals surface area contributed by atoms with Crippen molar-refractivity contribution in [1.29, 1.82) is 0 Å². The SMILES string of the molecule is Cc1ccc(CN(C(=O)CCC(=O)O)C(C)C)o1. The van der Waals surface area contributed by atoms with E-state index >= 15 is 0 Å². The number of aliphatic carboxylic acids is 1. The summed E-state index contributed by atoms with van der Waals surface area (Å²) < 4.78 is 5.43. The number of carbonyl (C=O) groups is 2. The first-order valence-electron chi connectivity index (χ1n) is 5.96. The van der Waals surface area contributed by atoms with E-state index in [1.54, 1.807) is 4.90 Å². The number of carbonyl (C=O) groups excluding carboxylic acids is 1. The molecule has 5 heteroatoms. The van der Waals surface area contributed by atoms with Gasteiger partial charge in [-0.25, -0.2) is 0 Å². The minimum absolute atomic E-state index is 0.0108. The Morgan fingerprint density at radius 2 is 2.00 bits per heavy atom. The lowest BCUT2D eigenvalue weighted by atomic mass is 10.2. The molecule has 0 aromatic carbocycles. The highest BCUT2D eigenvalue weighted by atomic mass is 16.4. The highest BCUT2D eigenvalue weighted by molar-refractivity contribution is 5.80. The Morgan fingerprint density at radius 1 is 1.33 bits per heavy atom. The number of nitrogens with zero attached hydrogens (tertiary/aromatic N) is 1. The number of hydrogen-bond acceptors (Lipinski definition) is 3. The molecule has 0 aliphatic heterocycles. The van der Waals surface area contributed by atoms with Crippen molar-refractivity contribution in [2.75, 3.05) is 0 Å². The van der Waals surface area contributed by atoms with E-state index in [2.05, 4.69) is 0 Å². The molecule has 5 nitrogen and oxygen atoms in total. The number of carboxylic acids is 1. The number of rotatable bonds is 6. The van der Waals surface area contributed by atoms with E-state index in [0.717, 1.165) is 5.76 Å². The summed E-state index contributed by atoms with van der Waals surface area (Å²) in [6.45, 7) is 6.02. The van der Waals surface area contributed by atoms with Gasteiger partial charge in [-0.15, -0.1) is 0 Å². The van der Waals surface area contributed by atoms with Crippen LogP contribution in [-0.4, -0.2) is 27.9 Å². The third-order valence-electron chi connectivity index (χ3n) is 2.62. The number of carboxylic acid groups (broad SMARTS) is 1. The van der Waals surface area contributed by atoms with Crippen LogP contribution in [0.2, 0.25) is 0 Å². The van der Waals surface area contributed by atoms with Crippen molar-refractivity contribution >= 4 is 11.9 Å². The second-order valence-corrected chi connectivity index (χ2v) is 4.52. The summed E-state index contributed by atoms with van der Waals surface area (Å²) in [4.78, 5) is 24.0. The Hall–Kier alpha value is -1.78. The maximum Gasteiger partial charge on any atom is 0.303 e. The first-order chi connectivity index (χ1) is 8.40. The molecule has 0 aliphatic carbocycles. The van der Waals surface area contributed by atoms with Crippen LogP contribution < -0.4 is 0 Å². The van der Waals surface area contributed by atoms with E-state index in [0.29, 0.717) is 12.3 Å². The Kier molecular flexibility index (Phi) is 4.95. The van der Waals surface area contributed by atoms with Crippen LogP contribution in [0.15, 0.2) is 16.5 Å². The van der Waals surface area contributed by atoms with E-state index in [1.165, 1.54) is 0 Å². The van der Waals surface area contributed by atoms with Crippen LogP contribution in [0.5, 0.6) is 0 Å². The molecule has 0 radical (unpaired) electrons. The van der Waals surface area contributed by atoms with Crippen LogP contribution in [0, 0.1) is 6.92 Å². The van der Waals surface area contributed by atoms with Gasteiger partial charge in [-0.1, -0.05) is 0 Å². The zero-order chi connectivity index (χ0) is 13.7. The number of amides is 1. The van der Waals surface area contributed by atoms with Gasteiger partial charge in [0.2, 0.25) is 5.91 Å². The number of furan rings is 1. The Bertz CT molecular complexity index is 422. The molecule has 1 rings (SSSR count). The summed E-state index contributed by atoms with van der Waals surface area (Å²) in [6.07, 6.45) is -0.119. The highest BCUT2D eigenvalue weighted by Crippen LogP contribution is 2.13. The lowest BCUT2D eigenvalue weighted by molar-refractivity contribution is -0.141. The Labute approximate surface area is 106 Å². The molecule has 18 heavy (non-hydrogen) atoms. The molecule has 0 spiro atoms. The van der Waals surface area contributed by atoms with Gasteiger partial charge in [-0.2, -0.15) is 0 Å². The van der Waals surface area contributed by atoms with E-state index in [-0.39, 0.29) is 24.8 Å². The van der Waals surface area contributed by atoms with Crippen molar-refractivity contribution in [3.63, 3.8) is 0 Å². The third-order valence-corrected chi connectivity index (χ3v) is 2.62. The molecule has 0 bridgehead atoms. The highest BCUT2D eigenvalue weighted by Gasteiger charge is 2.19. The molecule has 0 aliphatic rings. The van der Waals surface area contributed by atoms with E-state index in [9.17, 15) is 9.59 Å². The van der Waals surface area contributed by atoms with Crippen molar-refractivity contribution < 1.29 is 19.1 Å². The van der Waals surface area contributed by atoms with Crippen LogP contribution in [0.4, 0.5) is 0 Å². The lowest BCUT2D eigenvalue weighted by Gasteiger charge is -2.25. The van der Waals surface area contributed by atoms with Crippen LogP contribution >= 0.6 is 0 Å². The van der Waals surface area contributed by atoms with Crippen LogP contribution in [-0.2, 0) is 16.1 Å². The van der Waals surface area contributed by atoms with Crippen molar-refractivity contribution in [3.8, 4) is 0 Å². The second-order valence-electron chi connectivity index (χ2n) is 4.52. The molecule has 1 aromatic heterocycles. The molecule has 0 unspecified atom stereocenters. The fraction of sp³-hybridized carbons (Fsp3) is 0.538. The topological polar surface area (TPSA) is 70.8 Å². The minimum Gasteiger partial charge on any atom is -0.481 e. The Balaban J connectivity index is 2.64. The van der Waals surface area contributed by atoms with Gasteiger partial charge in [0.1, 0.15) is 11.5 Å². The number of hydrogen-bond donors (Lipinski definition) is 1. The van der Waals surface area contributed by atoms with Gasteiger partial charge < -0.3 is 14.4 Å². The monoisotopic (exact) mass is 253 g/mol. The van der Waals surface area contributed by atoms with Crippen molar-refractivity contribution in [2.24, 2.45) is 0 Å². The largest absolute Gasteiger partial charge is 0.481 e. The van der Waals surface area contributed by atoms with Gasteiger partial charge >= 0.3 is 5.97 Å². The fourth-order valence-electron chi connectivity index (χ4n) is 1.65. The molecule has 1 N–H and O–H groups in total. The predicted octanol–water partition coefficient (Wildman–Crippen LogP) is 2.19. The van der Waals surface area contributed by atoms with Crippen molar-refractivity contribution in [3.05, 3.63) is 23.7 Å². The van der Waals surface area contributed by atoms with Gasteiger partial charge in [-0.3, -0.25) is 9.59 Å². The summed E-state index contributed by atoms with van der Waals surface area (Å²) >= 11 is 0. The average Bonchev–Trinajstić information content (AvgIpc) is 2.68. The predicted molar refractivity (Wildman–Crippen MR) is 66.0 cm³/mol. The van der Waals surface area contributed by atoms with E-state index in [4.69, 9.17) is 9.52 Å². The average molecular weight is 253 g/mol. The molecular formula is C13H19NO4. The second kappa shape index (κ2) is 6.23. The van der Waals surface area contributed by atoms with Crippen LogP contribution in [0.3, 0.4) is 0 Å². The maximum absolute atomic E-state index is 11.9. The lowest BCUT2D eigenvalue weighted by Crippen LogP contribution is -2.36. The van der Waals surface area contributed by atoms with Crippen molar-refractivity contribution in [1.82, 2.24) is 4.90 Å². The van der Waals surface area contributed by atoms with Gasteiger partial charge in [0, 0.05) is 12.5 Å². The van der Waals surface area contributed by atoms with Crippen LogP contribution in [0.1, 0.15) is 38.2 Å². The standard InChI is InChI=1S/C13H19NO4/c1-9(2)14(12(15)6-7-13(16)17)8-11-5-4-10(3)18-11/h4-5,9H,6-8H2,1-3H3,(H,16,17). The summed E-state index contributed by atoms with van der Waals surface area (Å²) in [5.74, 6) is 0.388. The minimum atomic E-state index is -0.958. The normalized spacial score (nSPS) is 10.7. The van der Waals surface area contributed by atoms with E-state index < -0.39 is 5.97 Å². The number of aryl methyl sites for hydroxylation is 1. The van der Waals surface area contributed by atoms with Gasteiger partial charge in [0.05, 0.1) is 13.0 Å². The molecule has 0 atom stereocenters. The summed E-state index contributed by atoms with van der Waals surface area (Å²) in [6, 6.07) is 3.68. The molecule has 1 amide bonds. The molecule has 100 valence electrons. The summed E-state index contributed by atoms with van der Waals surface area (Å²) in [5.41, 5.74) is 0. The van der Waals surface area contributed by atoms with Gasteiger partial charge in [0.15, 0.2) is 0 Å². The maximum atomic E-state index is 11.9. The first kappa shape index (κ1) is 14.3. The van der Waals surface area contributed by atoms with Crippen LogP contribution in [0.25, 0.3) is 0 Å². The van der Waals surface area contributed by atoms with E-state index in [1.807, 2.05) is 32.9 Å². The molecule has 0 fully saturated rings. The first-order valence-corrected chi connectivity index (χ1v) is 5.96. The fourth-order valence-corrected chi connectivity index (χ4v) is 1.65. The van der Waals surface area contributed by atoms with Gasteiger partial charge in [0.25, 0.3) is 0 Å². The third kappa shape index (κ3) is 4.24. The quantitative estimate of drug-likeness (QED) is 0.843. The zero-order valence-electron chi connectivity index (χ0n) is 11.0. The molecule has 0 saturated carbocycles. The molecule has 1 heterocycles. The zero-order valence-corrected chi connectivity index (χ0v) is 11.0. The van der Waals surface area contributed by atoms with Crippen molar-refractivity contribution in [2.45, 2.75) is 46.2 Å².